The van der Waals surface area contributed by atoms with E-state index in [-0.39, 0.29) is 17.8 Å². The fourth-order valence-electron chi connectivity index (χ4n) is 3.71. The summed E-state index contributed by atoms with van der Waals surface area (Å²) in [4.78, 5) is 26.2. The monoisotopic (exact) mass is 407 g/mol. The fourth-order valence-corrected chi connectivity index (χ4v) is 3.71. The Balaban J connectivity index is 2.01. The second-order valence-electron chi connectivity index (χ2n) is 8.80. The van der Waals surface area contributed by atoms with Gasteiger partial charge in [0.1, 0.15) is 0 Å². The van der Waals surface area contributed by atoms with Crippen molar-refractivity contribution in [1.29, 1.82) is 0 Å². The lowest BCUT2D eigenvalue weighted by atomic mass is 9.86. The molecule has 30 heavy (non-hydrogen) atoms. The maximum absolute atomic E-state index is 13.3. The third-order valence-corrected chi connectivity index (χ3v) is 5.32. The SMILES string of the molecule is CC(C1=C(O)C(CCc2ccccc2)(C(=O)NC(C)(C)C)OC1=O)c1ccccc1. The Labute approximate surface area is 177 Å². The lowest BCUT2D eigenvalue weighted by Crippen LogP contribution is -2.54. The van der Waals surface area contributed by atoms with Crippen LogP contribution in [0.1, 0.15) is 51.2 Å². The number of cyclic esters (lactones) is 1. The average molecular weight is 408 g/mol. The Bertz CT molecular complexity index is 944. The summed E-state index contributed by atoms with van der Waals surface area (Å²) in [6.07, 6.45) is 0.629. The molecule has 0 spiro atoms. The van der Waals surface area contributed by atoms with Gasteiger partial charge in [0.2, 0.25) is 5.60 Å². The summed E-state index contributed by atoms with van der Waals surface area (Å²) in [5.74, 6) is -1.85. The van der Waals surface area contributed by atoms with Crippen LogP contribution in [0.5, 0.6) is 0 Å². The van der Waals surface area contributed by atoms with Gasteiger partial charge in [-0.05, 0) is 38.3 Å². The van der Waals surface area contributed by atoms with Crippen LogP contribution >= 0.6 is 0 Å². The predicted molar refractivity (Wildman–Crippen MR) is 116 cm³/mol. The van der Waals surface area contributed by atoms with Gasteiger partial charge in [-0.3, -0.25) is 4.79 Å². The molecule has 0 radical (unpaired) electrons. The van der Waals surface area contributed by atoms with Crippen LogP contribution in [0, 0.1) is 0 Å². The zero-order valence-corrected chi connectivity index (χ0v) is 17.9. The Morgan fingerprint density at radius 2 is 1.63 bits per heavy atom. The molecule has 1 heterocycles. The van der Waals surface area contributed by atoms with Crippen LogP contribution in [0.15, 0.2) is 72.0 Å². The van der Waals surface area contributed by atoms with Crippen LogP contribution in [-0.4, -0.2) is 28.1 Å². The van der Waals surface area contributed by atoms with Crippen molar-refractivity contribution >= 4 is 11.9 Å². The van der Waals surface area contributed by atoms with Crippen molar-refractivity contribution in [3.8, 4) is 0 Å². The molecule has 1 aliphatic heterocycles. The van der Waals surface area contributed by atoms with Gasteiger partial charge in [-0.25, -0.2) is 4.79 Å². The lowest BCUT2D eigenvalue weighted by Gasteiger charge is -2.31. The summed E-state index contributed by atoms with van der Waals surface area (Å²) in [5.41, 5.74) is -0.283. The van der Waals surface area contributed by atoms with Crippen molar-refractivity contribution < 1.29 is 19.4 Å². The molecule has 3 rings (SSSR count). The minimum atomic E-state index is -1.74. The first-order valence-corrected chi connectivity index (χ1v) is 10.2. The van der Waals surface area contributed by atoms with Crippen LogP contribution in [0.25, 0.3) is 0 Å². The molecule has 2 atom stereocenters. The largest absolute Gasteiger partial charge is 0.507 e. The molecule has 2 aromatic rings. The van der Waals surface area contributed by atoms with Gasteiger partial charge in [-0.2, -0.15) is 0 Å². The van der Waals surface area contributed by atoms with Crippen molar-refractivity contribution in [3.05, 3.63) is 83.1 Å². The van der Waals surface area contributed by atoms with Gasteiger partial charge < -0.3 is 15.2 Å². The van der Waals surface area contributed by atoms with Crippen molar-refractivity contribution in [2.75, 3.05) is 0 Å². The lowest BCUT2D eigenvalue weighted by molar-refractivity contribution is -0.160. The normalized spacial score (nSPS) is 20.1. The number of carbonyl (C=O) groups excluding carboxylic acids is 2. The quantitative estimate of drug-likeness (QED) is 0.694. The second kappa shape index (κ2) is 8.34. The van der Waals surface area contributed by atoms with E-state index in [2.05, 4.69) is 5.32 Å². The molecule has 0 saturated carbocycles. The summed E-state index contributed by atoms with van der Waals surface area (Å²) in [6, 6.07) is 19.0. The molecular weight excluding hydrogens is 378 g/mol. The highest BCUT2D eigenvalue weighted by molar-refractivity contribution is 6.02. The Hall–Kier alpha value is -3.08. The van der Waals surface area contributed by atoms with Crippen LogP contribution in [-0.2, 0) is 20.7 Å². The molecule has 1 amide bonds. The average Bonchev–Trinajstić information content (AvgIpc) is 2.97. The van der Waals surface area contributed by atoms with E-state index >= 15 is 0 Å². The van der Waals surface area contributed by atoms with E-state index in [1.54, 1.807) is 0 Å². The Kier molecular flexibility index (Phi) is 6.01. The van der Waals surface area contributed by atoms with E-state index in [4.69, 9.17) is 4.74 Å². The van der Waals surface area contributed by atoms with Crippen LogP contribution in [0.4, 0.5) is 0 Å². The molecule has 2 unspecified atom stereocenters. The summed E-state index contributed by atoms with van der Waals surface area (Å²) in [7, 11) is 0. The second-order valence-corrected chi connectivity index (χ2v) is 8.80. The molecule has 2 aromatic carbocycles. The number of aliphatic hydroxyl groups is 1. The smallest absolute Gasteiger partial charge is 0.339 e. The number of aliphatic hydroxyl groups excluding tert-OH is 1. The zero-order chi connectivity index (χ0) is 21.9. The van der Waals surface area contributed by atoms with Crippen molar-refractivity contribution in [1.82, 2.24) is 5.32 Å². The number of amides is 1. The summed E-state index contributed by atoms with van der Waals surface area (Å²) in [6.45, 7) is 7.37. The van der Waals surface area contributed by atoms with E-state index in [9.17, 15) is 14.7 Å². The number of ether oxygens (including phenoxy) is 1. The molecule has 5 nitrogen and oxygen atoms in total. The van der Waals surface area contributed by atoms with E-state index in [1.165, 1.54) is 0 Å². The number of rotatable bonds is 6. The van der Waals surface area contributed by atoms with Gasteiger partial charge >= 0.3 is 5.97 Å². The molecular formula is C25H29NO4. The molecule has 0 fully saturated rings. The van der Waals surface area contributed by atoms with Crippen LogP contribution in [0.2, 0.25) is 0 Å². The van der Waals surface area contributed by atoms with Crippen LogP contribution in [0.3, 0.4) is 0 Å². The first-order chi connectivity index (χ1) is 14.1. The highest BCUT2D eigenvalue weighted by atomic mass is 16.6. The molecule has 1 aliphatic rings. The Morgan fingerprint density at radius 1 is 1.07 bits per heavy atom. The van der Waals surface area contributed by atoms with Crippen molar-refractivity contribution in [2.24, 2.45) is 0 Å². The number of hydrogen-bond donors (Lipinski definition) is 2. The number of carbonyl (C=O) groups is 2. The summed E-state index contributed by atoms with van der Waals surface area (Å²) < 4.78 is 5.67. The van der Waals surface area contributed by atoms with Gasteiger partial charge in [-0.15, -0.1) is 0 Å². The molecule has 5 heteroatoms. The Morgan fingerprint density at radius 3 is 2.20 bits per heavy atom. The summed E-state index contributed by atoms with van der Waals surface area (Å²) in [5, 5.41) is 14.1. The minimum Gasteiger partial charge on any atom is -0.507 e. The third-order valence-electron chi connectivity index (χ3n) is 5.32. The molecule has 0 aromatic heterocycles. The molecule has 2 N–H and O–H groups in total. The summed E-state index contributed by atoms with van der Waals surface area (Å²) >= 11 is 0. The number of nitrogens with one attached hydrogen (secondary N) is 1. The number of hydrogen-bond acceptors (Lipinski definition) is 4. The molecule has 0 bridgehead atoms. The highest BCUT2D eigenvalue weighted by Crippen LogP contribution is 2.41. The standard InChI is InChI=1S/C25H29NO4/c1-17(19-13-9-6-10-14-19)20-21(27)25(30-22(20)28,23(29)26-24(2,3)4)16-15-18-11-7-5-8-12-18/h5-14,17,27H,15-16H2,1-4H3,(H,26,29). The van der Waals surface area contributed by atoms with E-state index in [1.807, 2.05) is 88.4 Å². The maximum atomic E-state index is 13.3. The predicted octanol–water partition coefficient (Wildman–Crippen LogP) is 4.45. The van der Waals surface area contributed by atoms with Crippen molar-refractivity contribution in [2.45, 2.75) is 57.6 Å². The minimum absolute atomic E-state index is 0.137. The molecule has 158 valence electrons. The van der Waals surface area contributed by atoms with E-state index < -0.39 is 28.9 Å². The topological polar surface area (TPSA) is 75.6 Å². The zero-order valence-electron chi connectivity index (χ0n) is 17.9. The first-order valence-electron chi connectivity index (χ1n) is 10.2. The van der Waals surface area contributed by atoms with Gasteiger partial charge in [0.15, 0.2) is 5.76 Å². The van der Waals surface area contributed by atoms with Gasteiger partial charge in [0.05, 0.1) is 5.57 Å². The third kappa shape index (κ3) is 4.40. The van der Waals surface area contributed by atoms with E-state index in [0.29, 0.717) is 6.42 Å². The number of aryl methyl sites for hydroxylation is 1. The number of benzene rings is 2. The number of esters is 1. The fraction of sp³-hybridized carbons (Fsp3) is 0.360. The molecule has 0 aliphatic carbocycles. The van der Waals surface area contributed by atoms with Crippen molar-refractivity contribution in [3.63, 3.8) is 0 Å². The van der Waals surface area contributed by atoms with Gasteiger partial charge in [0.25, 0.3) is 5.91 Å². The first kappa shape index (κ1) is 21.6. The van der Waals surface area contributed by atoms with Gasteiger partial charge in [-0.1, -0.05) is 67.6 Å². The van der Waals surface area contributed by atoms with Crippen LogP contribution < -0.4 is 5.32 Å². The van der Waals surface area contributed by atoms with E-state index in [0.717, 1.165) is 11.1 Å². The van der Waals surface area contributed by atoms with Gasteiger partial charge in [0, 0.05) is 17.9 Å². The highest BCUT2D eigenvalue weighted by Gasteiger charge is 2.55. The molecule has 0 saturated heterocycles. The maximum Gasteiger partial charge on any atom is 0.339 e.